The average molecular weight is 305 g/mol. The van der Waals surface area contributed by atoms with Crippen LogP contribution in [0.25, 0.3) is 0 Å². The molecule has 0 bridgehead atoms. The molecule has 0 aromatic carbocycles. The molecule has 0 saturated carbocycles. The summed E-state index contributed by atoms with van der Waals surface area (Å²) in [6.07, 6.45) is 0.895. The van der Waals surface area contributed by atoms with Crippen molar-refractivity contribution in [3.8, 4) is 0 Å². The molecule has 0 aromatic rings. The molecule has 0 atom stereocenters. The van der Waals surface area contributed by atoms with Crippen LogP contribution < -0.4 is 0 Å². The summed E-state index contributed by atoms with van der Waals surface area (Å²) in [6, 6.07) is 0. The van der Waals surface area contributed by atoms with Gasteiger partial charge in [0.1, 0.15) is 0 Å². The Morgan fingerprint density at radius 3 is 2.24 bits per heavy atom. The number of alkyl halides is 1. The molecule has 98 valence electrons. The summed E-state index contributed by atoms with van der Waals surface area (Å²) in [5.41, 5.74) is 0.00284. The molecule has 1 saturated heterocycles. The summed E-state index contributed by atoms with van der Waals surface area (Å²) in [6.45, 7) is 7.96. The van der Waals surface area contributed by atoms with Crippen LogP contribution in [0.2, 0.25) is 0 Å². The molecule has 0 spiro atoms. The molecule has 0 radical (unpaired) electrons. The van der Waals surface area contributed by atoms with E-state index in [2.05, 4.69) is 29.8 Å². The first-order valence-corrected chi connectivity index (χ1v) is 7.13. The highest BCUT2D eigenvalue weighted by molar-refractivity contribution is 9.09. The molecule has 0 unspecified atom stereocenters. The van der Waals surface area contributed by atoms with Crippen LogP contribution in [0.4, 0.5) is 0 Å². The molecule has 1 aliphatic rings. The first kappa shape index (κ1) is 14.5. The van der Waals surface area contributed by atoms with E-state index >= 15 is 0 Å². The maximum Gasteiger partial charge on any atom is 0.242 e. The predicted molar refractivity (Wildman–Crippen MR) is 71.0 cm³/mol. The fourth-order valence-electron chi connectivity index (χ4n) is 1.88. The van der Waals surface area contributed by atoms with Crippen molar-refractivity contribution >= 4 is 27.7 Å². The van der Waals surface area contributed by atoms with E-state index in [0.717, 1.165) is 11.8 Å². The topological polar surface area (TPSA) is 40.6 Å². The molecule has 2 amide bonds. The maximum absolute atomic E-state index is 11.9. The molecule has 1 heterocycles. The number of amides is 2. The second-order valence-electron chi connectivity index (χ2n) is 5.36. The Morgan fingerprint density at radius 2 is 1.71 bits per heavy atom. The van der Waals surface area contributed by atoms with E-state index < -0.39 is 0 Å². The highest BCUT2D eigenvalue weighted by Gasteiger charge is 2.32. The lowest BCUT2D eigenvalue weighted by Crippen LogP contribution is -2.55. The third kappa shape index (κ3) is 3.98. The molecule has 5 heteroatoms. The second-order valence-corrected chi connectivity index (χ2v) is 5.92. The van der Waals surface area contributed by atoms with Crippen molar-refractivity contribution in [1.29, 1.82) is 0 Å². The molecule has 4 nitrogen and oxygen atoms in total. The summed E-state index contributed by atoms with van der Waals surface area (Å²) in [5.74, 6) is 0.129. The molecule has 0 aliphatic carbocycles. The van der Waals surface area contributed by atoms with Gasteiger partial charge in [-0.15, -0.1) is 0 Å². The van der Waals surface area contributed by atoms with Crippen LogP contribution in [0.1, 0.15) is 27.2 Å². The van der Waals surface area contributed by atoms with Gasteiger partial charge in [-0.3, -0.25) is 9.59 Å². The fourth-order valence-corrected chi connectivity index (χ4v) is 2.06. The lowest BCUT2D eigenvalue weighted by atomic mass is 9.95. The van der Waals surface area contributed by atoms with E-state index in [9.17, 15) is 9.59 Å². The number of nitrogens with zero attached hydrogens (tertiary/aromatic N) is 2. The normalized spacial score (nSPS) is 17.9. The standard InChI is InChI=1S/C12H21BrN2O2/c1-4-5-14-6-11(17)15(7-10(14)16)9-12(2,3)8-13/h4-9H2,1-3H3. The minimum atomic E-state index is 0.00284. The number of piperazine rings is 1. The van der Waals surface area contributed by atoms with Crippen molar-refractivity contribution in [1.82, 2.24) is 9.80 Å². The van der Waals surface area contributed by atoms with Gasteiger partial charge in [0.2, 0.25) is 11.8 Å². The van der Waals surface area contributed by atoms with Gasteiger partial charge in [-0.25, -0.2) is 0 Å². The predicted octanol–water partition coefficient (Wildman–Crippen LogP) is 1.49. The van der Waals surface area contributed by atoms with E-state index in [1.165, 1.54) is 0 Å². The summed E-state index contributed by atoms with van der Waals surface area (Å²) in [7, 11) is 0. The molecular weight excluding hydrogens is 284 g/mol. The van der Waals surface area contributed by atoms with Crippen LogP contribution in [0, 0.1) is 5.41 Å². The third-order valence-electron chi connectivity index (χ3n) is 2.83. The Labute approximate surface area is 111 Å². The lowest BCUT2D eigenvalue weighted by Gasteiger charge is -2.37. The van der Waals surface area contributed by atoms with Crippen molar-refractivity contribution in [3.63, 3.8) is 0 Å². The summed E-state index contributed by atoms with van der Waals surface area (Å²) >= 11 is 3.44. The van der Waals surface area contributed by atoms with Crippen LogP contribution in [0.5, 0.6) is 0 Å². The van der Waals surface area contributed by atoms with Crippen LogP contribution in [0.3, 0.4) is 0 Å². The smallest absolute Gasteiger partial charge is 0.242 e. The quantitative estimate of drug-likeness (QED) is 0.722. The van der Waals surface area contributed by atoms with Gasteiger partial charge < -0.3 is 9.80 Å². The van der Waals surface area contributed by atoms with E-state index in [4.69, 9.17) is 0 Å². The summed E-state index contributed by atoms with van der Waals surface area (Å²) in [4.78, 5) is 27.1. The number of carbonyl (C=O) groups excluding carboxylic acids is 2. The molecule has 1 fully saturated rings. The zero-order chi connectivity index (χ0) is 13.1. The van der Waals surface area contributed by atoms with E-state index in [1.54, 1.807) is 9.80 Å². The van der Waals surface area contributed by atoms with Crippen molar-refractivity contribution in [2.75, 3.05) is 31.5 Å². The van der Waals surface area contributed by atoms with Gasteiger partial charge in [0.25, 0.3) is 0 Å². The van der Waals surface area contributed by atoms with E-state index in [-0.39, 0.29) is 30.3 Å². The molecular formula is C12H21BrN2O2. The SMILES string of the molecule is CCCN1CC(=O)N(CC(C)(C)CBr)CC1=O. The minimum absolute atomic E-state index is 0.00284. The van der Waals surface area contributed by atoms with Gasteiger partial charge in [0.15, 0.2) is 0 Å². The Morgan fingerprint density at radius 1 is 1.18 bits per heavy atom. The molecule has 1 aliphatic heterocycles. The van der Waals surface area contributed by atoms with Gasteiger partial charge in [0, 0.05) is 18.4 Å². The number of hydrogen-bond acceptors (Lipinski definition) is 2. The van der Waals surface area contributed by atoms with E-state index in [0.29, 0.717) is 13.1 Å². The van der Waals surface area contributed by atoms with Gasteiger partial charge in [-0.05, 0) is 11.8 Å². The van der Waals surface area contributed by atoms with Gasteiger partial charge in [-0.2, -0.15) is 0 Å². The second kappa shape index (κ2) is 5.85. The number of carbonyl (C=O) groups is 2. The summed E-state index contributed by atoms with van der Waals surface area (Å²) in [5, 5.41) is 0.816. The third-order valence-corrected chi connectivity index (χ3v) is 4.35. The highest BCUT2D eigenvalue weighted by Crippen LogP contribution is 2.21. The molecule has 0 aromatic heterocycles. The van der Waals surface area contributed by atoms with Crippen molar-refractivity contribution in [2.45, 2.75) is 27.2 Å². The zero-order valence-corrected chi connectivity index (χ0v) is 12.4. The molecule has 1 rings (SSSR count). The number of hydrogen-bond donors (Lipinski definition) is 0. The zero-order valence-electron chi connectivity index (χ0n) is 10.8. The van der Waals surface area contributed by atoms with Crippen LogP contribution in [-0.2, 0) is 9.59 Å². The Balaban J connectivity index is 2.61. The minimum Gasteiger partial charge on any atom is -0.332 e. The fraction of sp³-hybridized carbons (Fsp3) is 0.833. The Kier molecular flexibility index (Phi) is 4.98. The lowest BCUT2D eigenvalue weighted by molar-refractivity contribution is -0.151. The monoisotopic (exact) mass is 304 g/mol. The van der Waals surface area contributed by atoms with Crippen molar-refractivity contribution < 1.29 is 9.59 Å². The van der Waals surface area contributed by atoms with Crippen molar-refractivity contribution in [3.05, 3.63) is 0 Å². The first-order chi connectivity index (χ1) is 7.89. The maximum atomic E-state index is 11.9. The van der Waals surface area contributed by atoms with Gasteiger partial charge in [-0.1, -0.05) is 36.7 Å². The van der Waals surface area contributed by atoms with Gasteiger partial charge in [0.05, 0.1) is 13.1 Å². The van der Waals surface area contributed by atoms with E-state index in [1.807, 2.05) is 6.92 Å². The van der Waals surface area contributed by atoms with Crippen LogP contribution in [-0.4, -0.2) is 53.1 Å². The molecule has 0 N–H and O–H groups in total. The average Bonchev–Trinajstić information content (AvgIpc) is 2.25. The van der Waals surface area contributed by atoms with Crippen molar-refractivity contribution in [2.24, 2.45) is 5.41 Å². The van der Waals surface area contributed by atoms with Crippen LogP contribution >= 0.6 is 15.9 Å². The van der Waals surface area contributed by atoms with Gasteiger partial charge >= 0.3 is 0 Å². The first-order valence-electron chi connectivity index (χ1n) is 6.01. The Hall–Kier alpha value is -0.580. The number of rotatable bonds is 5. The Bertz CT molecular complexity index is 305. The van der Waals surface area contributed by atoms with Crippen LogP contribution in [0.15, 0.2) is 0 Å². The largest absolute Gasteiger partial charge is 0.332 e. The number of halogens is 1. The molecule has 17 heavy (non-hydrogen) atoms. The summed E-state index contributed by atoms with van der Waals surface area (Å²) < 4.78 is 0. The highest BCUT2D eigenvalue weighted by atomic mass is 79.9.